The van der Waals surface area contributed by atoms with Crippen LogP contribution in [0.2, 0.25) is 0 Å². The smallest absolute Gasteiger partial charge is 0.207 e. The summed E-state index contributed by atoms with van der Waals surface area (Å²) in [7, 11) is -1.65. The minimum Gasteiger partial charge on any atom is -0.207 e. The van der Waals surface area contributed by atoms with Crippen LogP contribution in [0, 0.1) is 0 Å². The molecule has 19 heavy (non-hydrogen) atoms. The molecule has 0 atom stereocenters. The van der Waals surface area contributed by atoms with Gasteiger partial charge in [-0.05, 0) is 43.4 Å². The Bertz CT molecular complexity index is 509. The van der Waals surface area contributed by atoms with E-state index in [9.17, 15) is 8.42 Å². The van der Waals surface area contributed by atoms with Crippen LogP contribution in [0.1, 0.15) is 31.2 Å². The number of sulfonamides is 1. The second-order valence-corrected chi connectivity index (χ2v) is 7.42. The highest BCUT2D eigenvalue weighted by Crippen LogP contribution is 2.28. The molecule has 1 saturated carbocycles. The van der Waals surface area contributed by atoms with Crippen LogP contribution >= 0.6 is 11.6 Å². The molecule has 1 aromatic carbocycles. The summed E-state index contributed by atoms with van der Waals surface area (Å²) in [6, 6.07) is 7.35. The van der Waals surface area contributed by atoms with Gasteiger partial charge in [0.25, 0.3) is 0 Å². The van der Waals surface area contributed by atoms with E-state index < -0.39 is 10.0 Å². The molecule has 5 heteroatoms. The van der Waals surface area contributed by atoms with E-state index in [0.717, 1.165) is 37.7 Å². The topological polar surface area (TPSA) is 37.4 Å². The van der Waals surface area contributed by atoms with Crippen LogP contribution in [0.15, 0.2) is 29.2 Å². The van der Waals surface area contributed by atoms with E-state index >= 15 is 0 Å². The number of aryl methyl sites for hydroxylation is 1. The van der Waals surface area contributed by atoms with Crippen LogP contribution in [-0.4, -0.2) is 31.7 Å². The van der Waals surface area contributed by atoms with Crippen molar-refractivity contribution in [1.29, 1.82) is 0 Å². The first-order valence-corrected chi connectivity index (χ1v) is 8.66. The predicted molar refractivity (Wildman–Crippen MR) is 78.1 cm³/mol. The molecule has 0 amide bonds. The summed E-state index contributed by atoms with van der Waals surface area (Å²) in [4.78, 5) is 0.386. The molecule has 1 aliphatic carbocycles. The molecular weight excluding hydrogens is 282 g/mol. The highest BCUT2D eigenvalue weighted by Gasteiger charge is 2.31. The molecule has 106 valence electrons. The number of benzene rings is 1. The van der Waals surface area contributed by atoms with E-state index in [1.54, 1.807) is 19.2 Å². The lowest BCUT2D eigenvalue weighted by Gasteiger charge is -2.33. The van der Waals surface area contributed by atoms with Gasteiger partial charge in [0.05, 0.1) is 4.90 Å². The zero-order valence-electron chi connectivity index (χ0n) is 11.2. The van der Waals surface area contributed by atoms with Gasteiger partial charge in [0.15, 0.2) is 0 Å². The van der Waals surface area contributed by atoms with Crippen molar-refractivity contribution in [2.45, 2.75) is 43.0 Å². The van der Waals surface area contributed by atoms with Gasteiger partial charge in [0, 0.05) is 19.0 Å². The van der Waals surface area contributed by atoms with Crippen molar-refractivity contribution in [1.82, 2.24) is 4.31 Å². The Hall–Kier alpha value is -0.580. The van der Waals surface area contributed by atoms with E-state index in [-0.39, 0.29) is 6.04 Å². The molecule has 2 rings (SSSR count). The molecule has 0 radical (unpaired) electrons. The average Bonchev–Trinajstić information content (AvgIpc) is 2.34. The summed E-state index contributed by atoms with van der Waals surface area (Å²) < 4.78 is 26.3. The van der Waals surface area contributed by atoms with Crippen molar-refractivity contribution < 1.29 is 8.42 Å². The zero-order valence-corrected chi connectivity index (χ0v) is 12.8. The predicted octanol–water partition coefficient (Wildman–Crippen LogP) is 3.03. The van der Waals surface area contributed by atoms with Crippen molar-refractivity contribution >= 4 is 21.6 Å². The summed E-state index contributed by atoms with van der Waals surface area (Å²) in [6.45, 7) is 0. The number of hydrogen-bond acceptors (Lipinski definition) is 2. The third-order valence-corrected chi connectivity index (χ3v) is 5.98. The van der Waals surface area contributed by atoms with Crippen molar-refractivity contribution in [2.75, 3.05) is 12.9 Å². The average molecular weight is 302 g/mol. The first-order valence-electron chi connectivity index (χ1n) is 6.68. The summed E-state index contributed by atoms with van der Waals surface area (Å²) in [5.41, 5.74) is 1.13. The number of alkyl halides is 1. The Balaban J connectivity index is 2.11. The van der Waals surface area contributed by atoms with Crippen molar-refractivity contribution in [3.63, 3.8) is 0 Å². The van der Waals surface area contributed by atoms with E-state index in [1.165, 1.54) is 4.31 Å². The van der Waals surface area contributed by atoms with Crippen LogP contribution in [0.4, 0.5) is 0 Å². The quantitative estimate of drug-likeness (QED) is 0.757. The van der Waals surface area contributed by atoms with Gasteiger partial charge in [-0.15, -0.1) is 11.6 Å². The molecule has 0 N–H and O–H groups in total. The minimum atomic E-state index is -3.33. The van der Waals surface area contributed by atoms with Gasteiger partial charge in [-0.1, -0.05) is 18.6 Å². The lowest BCUT2D eigenvalue weighted by molar-refractivity contribution is 0.249. The van der Waals surface area contributed by atoms with E-state index in [1.807, 2.05) is 12.1 Å². The molecule has 0 unspecified atom stereocenters. The normalized spacial score (nSPS) is 16.6. The van der Waals surface area contributed by atoms with Crippen LogP contribution in [0.5, 0.6) is 0 Å². The largest absolute Gasteiger partial charge is 0.243 e. The maximum atomic E-state index is 12.4. The summed E-state index contributed by atoms with van der Waals surface area (Å²) in [5, 5.41) is 0. The van der Waals surface area contributed by atoms with Gasteiger partial charge in [0.2, 0.25) is 10.0 Å². The number of hydrogen-bond donors (Lipinski definition) is 0. The fourth-order valence-electron chi connectivity index (χ4n) is 2.21. The Morgan fingerprint density at radius 2 is 1.89 bits per heavy atom. The fourth-order valence-corrected chi connectivity index (χ4v) is 3.76. The van der Waals surface area contributed by atoms with Gasteiger partial charge in [-0.3, -0.25) is 0 Å². The molecule has 0 aromatic heterocycles. The summed E-state index contributed by atoms with van der Waals surface area (Å²) >= 11 is 5.65. The van der Waals surface area contributed by atoms with Crippen molar-refractivity contribution in [3.05, 3.63) is 29.8 Å². The second-order valence-electron chi connectivity index (χ2n) is 5.04. The van der Waals surface area contributed by atoms with E-state index in [2.05, 4.69) is 0 Å². The number of nitrogens with zero attached hydrogens (tertiary/aromatic N) is 1. The number of rotatable bonds is 6. The lowest BCUT2D eigenvalue weighted by Crippen LogP contribution is -2.41. The van der Waals surface area contributed by atoms with Gasteiger partial charge >= 0.3 is 0 Å². The Labute approximate surface area is 120 Å². The summed E-state index contributed by atoms with van der Waals surface area (Å²) in [6.07, 6.45) is 4.88. The van der Waals surface area contributed by atoms with Crippen LogP contribution in [0.3, 0.4) is 0 Å². The molecule has 0 heterocycles. The van der Waals surface area contributed by atoms with Crippen LogP contribution in [-0.2, 0) is 16.4 Å². The van der Waals surface area contributed by atoms with Crippen molar-refractivity contribution in [3.8, 4) is 0 Å². The standard InChI is InChI=1S/C14H20ClNO2S/c1-16(13-5-2-6-13)19(17,18)14-9-7-12(8-10-14)4-3-11-15/h7-10,13H,2-6,11H2,1H3. The molecule has 0 spiro atoms. The fraction of sp³-hybridized carbons (Fsp3) is 0.571. The molecule has 1 aromatic rings. The first kappa shape index (κ1) is 14.8. The third-order valence-electron chi connectivity index (χ3n) is 3.79. The van der Waals surface area contributed by atoms with Crippen LogP contribution < -0.4 is 0 Å². The van der Waals surface area contributed by atoms with Gasteiger partial charge in [0.1, 0.15) is 0 Å². The third kappa shape index (κ3) is 3.30. The Kier molecular flexibility index (Phi) is 4.87. The van der Waals surface area contributed by atoms with E-state index in [4.69, 9.17) is 11.6 Å². The molecule has 1 fully saturated rings. The maximum absolute atomic E-state index is 12.4. The highest BCUT2D eigenvalue weighted by atomic mass is 35.5. The van der Waals surface area contributed by atoms with E-state index in [0.29, 0.717) is 10.8 Å². The zero-order chi connectivity index (χ0) is 13.9. The molecule has 0 bridgehead atoms. The minimum absolute atomic E-state index is 0.181. The van der Waals surface area contributed by atoms with Gasteiger partial charge in [-0.2, -0.15) is 4.31 Å². The molecule has 0 aliphatic heterocycles. The van der Waals surface area contributed by atoms with Gasteiger partial charge in [-0.25, -0.2) is 8.42 Å². The SMILES string of the molecule is CN(C1CCC1)S(=O)(=O)c1ccc(CCCCl)cc1. The molecule has 3 nitrogen and oxygen atoms in total. The maximum Gasteiger partial charge on any atom is 0.243 e. The van der Waals surface area contributed by atoms with Crippen LogP contribution in [0.25, 0.3) is 0 Å². The Morgan fingerprint density at radius 1 is 1.26 bits per heavy atom. The molecule has 0 saturated heterocycles. The second kappa shape index (κ2) is 6.25. The number of halogens is 1. The molecule has 1 aliphatic rings. The molecular formula is C14H20ClNO2S. The monoisotopic (exact) mass is 301 g/mol. The highest BCUT2D eigenvalue weighted by molar-refractivity contribution is 7.89. The lowest BCUT2D eigenvalue weighted by atomic mass is 9.94. The summed E-state index contributed by atoms with van der Waals surface area (Å²) in [5.74, 6) is 0.629. The Morgan fingerprint density at radius 3 is 2.37 bits per heavy atom. The van der Waals surface area contributed by atoms with Crippen molar-refractivity contribution in [2.24, 2.45) is 0 Å². The van der Waals surface area contributed by atoms with Gasteiger partial charge < -0.3 is 0 Å². The first-order chi connectivity index (χ1) is 9.05.